The number of thioether (sulfide) groups is 1. The van der Waals surface area contributed by atoms with Gasteiger partial charge in [0, 0.05) is 43.6 Å². The topological polar surface area (TPSA) is 102 Å². The van der Waals surface area contributed by atoms with Gasteiger partial charge in [-0.25, -0.2) is 4.79 Å². The van der Waals surface area contributed by atoms with Gasteiger partial charge < -0.3 is 19.5 Å². The van der Waals surface area contributed by atoms with Crippen LogP contribution in [0.3, 0.4) is 0 Å². The molecule has 1 saturated heterocycles. The van der Waals surface area contributed by atoms with E-state index in [0.717, 1.165) is 42.4 Å². The quantitative estimate of drug-likeness (QED) is 0.640. The first kappa shape index (κ1) is 22.1. The molecule has 0 atom stereocenters. The van der Waals surface area contributed by atoms with Gasteiger partial charge in [-0.15, -0.1) is 10.2 Å². The van der Waals surface area contributed by atoms with Crippen LogP contribution >= 0.6 is 11.8 Å². The molecule has 162 valence electrons. The van der Waals surface area contributed by atoms with E-state index < -0.39 is 0 Å². The van der Waals surface area contributed by atoms with Gasteiger partial charge in [-0.3, -0.25) is 9.78 Å². The largest absolute Gasteiger partial charge is 0.450 e. The van der Waals surface area contributed by atoms with Gasteiger partial charge in [0.05, 0.1) is 12.4 Å². The van der Waals surface area contributed by atoms with E-state index in [1.54, 1.807) is 24.2 Å². The Labute approximate surface area is 180 Å². The zero-order valence-electron chi connectivity index (χ0n) is 17.4. The molecular weight excluding hydrogens is 404 g/mol. The molecule has 0 bridgehead atoms. The van der Waals surface area contributed by atoms with Crippen LogP contribution in [-0.2, 0) is 16.1 Å². The van der Waals surface area contributed by atoms with E-state index in [0.29, 0.717) is 19.7 Å². The van der Waals surface area contributed by atoms with E-state index in [4.69, 9.17) is 4.74 Å². The van der Waals surface area contributed by atoms with Crippen molar-refractivity contribution in [1.29, 1.82) is 0 Å². The number of nitrogens with one attached hydrogen (secondary N) is 1. The number of pyridine rings is 1. The predicted molar refractivity (Wildman–Crippen MR) is 114 cm³/mol. The second kappa shape index (κ2) is 11.0. The van der Waals surface area contributed by atoms with Gasteiger partial charge in [-0.05, 0) is 38.3 Å². The Balaban J connectivity index is 1.52. The molecule has 2 amide bonds. The van der Waals surface area contributed by atoms with Crippen LogP contribution in [0.5, 0.6) is 0 Å². The van der Waals surface area contributed by atoms with Crippen LogP contribution < -0.4 is 5.32 Å². The van der Waals surface area contributed by atoms with E-state index in [1.165, 1.54) is 11.8 Å². The molecule has 1 fully saturated rings. The number of likely N-dealkylation sites (tertiary alicyclic amines) is 1. The van der Waals surface area contributed by atoms with Crippen LogP contribution in [0, 0.1) is 0 Å². The zero-order valence-corrected chi connectivity index (χ0v) is 18.2. The molecule has 0 saturated carbocycles. The third-order valence-corrected chi connectivity index (χ3v) is 5.79. The molecule has 0 spiro atoms. The lowest BCUT2D eigenvalue weighted by atomic mass is 10.1. The number of hydrogen-bond donors (Lipinski definition) is 1. The number of amides is 2. The van der Waals surface area contributed by atoms with E-state index >= 15 is 0 Å². The van der Waals surface area contributed by atoms with Crippen LogP contribution in [-0.4, -0.2) is 68.1 Å². The van der Waals surface area contributed by atoms with Gasteiger partial charge in [-0.1, -0.05) is 18.7 Å². The Bertz CT molecular complexity index is 836. The second-order valence-corrected chi connectivity index (χ2v) is 7.95. The number of carbonyl (C=O) groups is 2. The molecular formula is C20H28N6O3S. The van der Waals surface area contributed by atoms with Crippen molar-refractivity contribution < 1.29 is 14.3 Å². The van der Waals surface area contributed by atoms with E-state index in [-0.39, 0.29) is 23.8 Å². The first-order chi connectivity index (χ1) is 14.6. The number of aromatic nitrogens is 4. The Hall–Kier alpha value is -2.62. The van der Waals surface area contributed by atoms with Crippen LogP contribution in [0.2, 0.25) is 0 Å². The number of rotatable bonds is 8. The number of hydrogen-bond acceptors (Lipinski definition) is 7. The molecule has 3 rings (SSSR count). The van der Waals surface area contributed by atoms with Crippen molar-refractivity contribution in [1.82, 2.24) is 30.0 Å². The summed E-state index contributed by atoms with van der Waals surface area (Å²) in [6.45, 7) is 6.23. The molecule has 1 N–H and O–H groups in total. The molecule has 9 nitrogen and oxygen atoms in total. The Kier molecular flexibility index (Phi) is 8.06. The summed E-state index contributed by atoms with van der Waals surface area (Å²) in [6, 6.07) is 3.88. The van der Waals surface area contributed by atoms with Crippen molar-refractivity contribution >= 4 is 23.8 Å². The fourth-order valence-electron chi connectivity index (χ4n) is 3.36. The molecule has 1 aliphatic heterocycles. The monoisotopic (exact) mass is 432 g/mol. The lowest BCUT2D eigenvalue weighted by Crippen LogP contribution is -2.47. The smallest absolute Gasteiger partial charge is 0.409 e. The normalized spacial score (nSPS) is 14.5. The highest BCUT2D eigenvalue weighted by Crippen LogP contribution is 2.24. The third kappa shape index (κ3) is 5.71. The van der Waals surface area contributed by atoms with Crippen molar-refractivity contribution in [3.05, 3.63) is 24.5 Å². The lowest BCUT2D eigenvalue weighted by Gasteiger charge is -2.31. The average Bonchev–Trinajstić information content (AvgIpc) is 3.16. The molecule has 10 heteroatoms. The zero-order chi connectivity index (χ0) is 21.3. The Morgan fingerprint density at radius 3 is 2.60 bits per heavy atom. The molecule has 3 heterocycles. The van der Waals surface area contributed by atoms with E-state index in [9.17, 15) is 9.59 Å². The minimum absolute atomic E-state index is 0.0360. The fourth-order valence-corrected chi connectivity index (χ4v) is 4.13. The highest BCUT2D eigenvalue weighted by atomic mass is 32.2. The molecule has 0 unspecified atom stereocenters. The van der Waals surface area contributed by atoms with Crippen molar-refractivity contribution in [3.8, 4) is 11.4 Å². The number of carbonyl (C=O) groups excluding carboxylic acids is 2. The molecule has 0 radical (unpaired) electrons. The fraction of sp³-hybridized carbons (Fsp3) is 0.550. The minimum Gasteiger partial charge on any atom is -0.450 e. The van der Waals surface area contributed by atoms with E-state index in [1.807, 2.05) is 16.7 Å². The molecule has 1 aliphatic rings. The van der Waals surface area contributed by atoms with E-state index in [2.05, 4.69) is 27.4 Å². The van der Waals surface area contributed by atoms with Crippen molar-refractivity contribution in [2.75, 3.05) is 25.4 Å². The van der Waals surface area contributed by atoms with Gasteiger partial charge in [0.25, 0.3) is 0 Å². The van der Waals surface area contributed by atoms with Gasteiger partial charge in [0.1, 0.15) is 0 Å². The molecule has 0 aliphatic carbocycles. The summed E-state index contributed by atoms with van der Waals surface area (Å²) in [7, 11) is 0. The summed E-state index contributed by atoms with van der Waals surface area (Å²) in [4.78, 5) is 30.0. The molecule has 30 heavy (non-hydrogen) atoms. The summed E-state index contributed by atoms with van der Waals surface area (Å²) < 4.78 is 7.07. The molecule has 0 aromatic carbocycles. The summed E-state index contributed by atoms with van der Waals surface area (Å²) in [6.07, 6.45) is 5.58. The first-order valence-electron chi connectivity index (χ1n) is 10.3. The highest BCUT2D eigenvalue weighted by Gasteiger charge is 2.24. The minimum atomic E-state index is -0.280. The van der Waals surface area contributed by atoms with Crippen LogP contribution in [0.15, 0.2) is 29.7 Å². The summed E-state index contributed by atoms with van der Waals surface area (Å²) >= 11 is 1.39. The maximum atomic E-state index is 12.4. The maximum absolute atomic E-state index is 12.4. The summed E-state index contributed by atoms with van der Waals surface area (Å²) in [5.41, 5.74) is 0.954. The van der Waals surface area contributed by atoms with Crippen LogP contribution in [0.25, 0.3) is 11.4 Å². The third-order valence-electron chi connectivity index (χ3n) is 4.82. The van der Waals surface area contributed by atoms with Crippen molar-refractivity contribution in [2.45, 2.75) is 50.9 Å². The first-order valence-corrected chi connectivity index (χ1v) is 11.3. The summed E-state index contributed by atoms with van der Waals surface area (Å²) in [5, 5.41) is 12.4. The Morgan fingerprint density at radius 1 is 1.20 bits per heavy atom. The maximum Gasteiger partial charge on any atom is 0.409 e. The van der Waals surface area contributed by atoms with Crippen LogP contribution in [0.4, 0.5) is 4.79 Å². The number of nitrogens with zero attached hydrogens (tertiary/aromatic N) is 5. The lowest BCUT2D eigenvalue weighted by molar-refractivity contribution is -0.119. The SMILES string of the molecule is CCCn1c(SCC(=O)NC2CCN(C(=O)OCC)CC2)nnc1-c1ccncc1. The van der Waals surface area contributed by atoms with Crippen molar-refractivity contribution in [3.63, 3.8) is 0 Å². The van der Waals surface area contributed by atoms with Crippen LogP contribution in [0.1, 0.15) is 33.1 Å². The standard InChI is InChI=1S/C20H28N6O3S/c1-3-11-26-18(15-5-9-21-10-6-15)23-24-19(26)30-14-17(27)22-16-7-12-25(13-8-16)20(28)29-4-2/h5-6,9-10,16H,3-4,7-8,11-14H2,1-2H3,(H,22,27). The predicted octanol–water partition coefficient (Wildman–Crippen LogP) is 2.58. The van der Waals surface area contributed by atoms with Gasteiger partial charge in [0.2, 0.25) is 5.91 Å². The van der Waals surface area contributed by atoms with Gasteiger partial charge in [0.15, 0.2) is 11.0 Å². The average molecular weight is 433 g/mol. The summed E-state index contributed by atoms with van der Waals surface area (Å²) in [5.74, 6) is 1.02. The molecule has 2 aromatic heterocycles. The number of ether oxygens (including phenoxy) is 1. The second-order valence-electron chi connectivity index (χ2n) is 7.01. The number of piperidine rings is 1. The molecule has 2 aromatic rings. The van der Waals surface area contributed by atoms with Gasteiger partial charge >= 0.3 is 6.09 Å². The Morgan fingerprint density at radius 2 is 1.93 bits per heavy atom. The van der Waals surface area contributed by atoms with Crippen molar-refractivity contribution in [2.24, 2.45) is 0 Å². The van der Waals surface area contributed by atoms with Gasteiger partial charge in [-0.2, -0.15) is 0 Å². The highest BCUT2D eigenvalue weighted by molar-refractivity contribution is 7.99.